The summed E-state index contributed by atoms with van der Waals surface area (Å²) in [6.45, 7) is 10.5. The number of imidazole rings is 1. The third-order valence-electron chi connectivity index (χ3n) is 5.47. The Hall–Kier alpha value is -2.82. The van der Waals surface area contributed by atoms with Crippen LogP contribution in [0, 0.1) is 6.92 Å². The zero-order valence-electron chi connectivity index (χ0n) is 19.3. The largest absolute Gasteiger partial charge is 0.491 e. The number of aryl methyl sites for hydroxylation is 2. The molecular weight excluding hydrogens is 386 g/mol. The number of para-hydroxylation sites is 2. The molecule has 1 aromatic heterocycles. The average Bonchev–Trinajstić information content (AvgIpc) is 3.09. The van der Waals surface area contributed by atoms with Gasteiger partial charge in [-0.1, -0.05) is 45.0 Å². The maximum absolute atomic E-state index is 11.7. The normalized spacial score (nSPS) is 11.3. The molecule has 0 aliphatic rings. The van der Waals surface area contributed by atoms with Crippen molar-refractivity contribution in [3.05, 3.63) is 59.4 Å². The smallest absolute Gasteiger partial charge is 0.219 e. The fraction of sp³-hybridized carbons (Fsp3) is 0.462. The van der Waals surface area contributed by atoms with Crippen LogP contribution in [-0.2, 0) is 17.8 Å². The van der Waals surface area contributed by atoms with Crippen molar-refractivity contribution in [3.63, 3.8) is 0 Å². The summed E-state index contributed by atoms with van der Waals surface area (Å²) in [5.74, 6) is 2.56. The van der Waals surface area contributed by atoms with Gasteiger partial charge in [0, 0.05) is 19.4 Å². The van der Waals surface area contributed by atoms with Gasteiger partial charge in [0.2, 0.25) is 5.91 Å². The highest BCUT2D eigenvalue weighted by atomic mass is 16.5. The molecule has 1 heterocycles. The molecule has 166 valence electrons. The highest BCUT2D eigenvalue weighted by Gasteiger charge is 2.12. The third kappa shape index (κ3) is 6.09. The highest BCUT2D eigenvalue weighted by Crippen LogP contribution is 2.27. The van der Waals surface area contributed by atoms with Crippen LogP contribution in [-0.4, -0.2) is 28.6 Å². The fourth-order valence-corrected chi connectivity index (χ4v) is 3.85. The van der Waals surface area contributed by atoms with Crippen LogP contribution in [0.2, 0.25) is 0 Å². The first kappa shape index (κ1) is 22.9. The van der Waals surface area contributed by atoms with Gasteiger partial charge in [0.05, 0.1) is 17.6 Å². The maximum atomic E-state index is 11.7. The second-order valence-corrected chi connectivity index (χ2v) is 8.42. The van der Waals surface area contributed by atoms with E-state index < -0.39 is 0 Å². The van der Waals surface area contributed by atoms with E-state index in [0.29, 0.717) is 25.5 Å². The van der Waals surface area contributed by atoms with Crippen LogP contribution in [0.25, 0.3) is 11.0 Å². The van der Waals surface area contributed by atoms with Crippen LogP contribution in [0.1, 0.15) is 62.9 Å². The Morgan fingerprint density at radius 2 is 2.00 bits per heavy atom. The van der Waals surface area contributed by atoms with E-state index in [4.69, 9.17) is 9.72 Å². The Morgan fingerprint density at radius 3 is 2.77 bits per heavy atom. The number of nitrogens with one attached hydrogen (secondary N) is 1. The molecule has 0 saturated carbocycles. The molecule has 31 heavy (non-hydrogen) atoms. The lowest BCUT2D eigenvalue weighted by atomic mass is 10.0. The van der Waals surface area contributed by atoms with E-state index in [2.05, 4.69) is 61.0 Å². The number of fused-ring (bicyclic) bond motifs is 1. The van der Waals surface area contributed by atoms with E-state index in [-0.39, 0.29) is 5.91 Å². The van der Waals surface area contributed by atoms with Gasteiger partial charge in [-0.15, -0.1) is 0 Å². The lowest BCUT2D eigenvalue weighted by Gasteiger charge is -2.16. The van der Waals surface area contributed by atoms with Gasteiger partial charge in [0.1, 0.15) is 18.2 Å². The van der Waals surface area contributed by atoms with Crippen LogP contribution >= 0.6 is 0 Å². The lowest BCUT2D eigenvalue weighted by molar-refractivity contribution is -0.121. The zero-order chi connectivity index (χ0) is 22.2. The lowest BCUT2D eigenvalue weighted by Crippen LogP contribution is -2.24. The predicted octanol–water partition coefficient (Wildman–Crippen LogP) is 5.40. The van der Waals surface area contributed by atoms with Crippen molar-refractivity contribution >= 4 is 16.9 Å². The molecule has 0 unspecified atom stereocenters. The van der Waals surface area contributed by atoms with E-state index in [0.717, 1.165) is 48.4 Å². The number of nitrogens with zero attached hydrogens (tertiary/aromatic N) is 2. The summed E-state index contributed by atoms with van der Waals surface area (Å²) < 4.78 is 8.49. The first-order valence-electron chi connectivity index (χ1n) is 11.4. The summed E-state index contributed by atoms with van der Waals surface area (Å²) in [5.41, 5.74) is 4.58. The van der Waals surface area contributed by atoms with Gasteiger partial charge in [-0.05, 0) is 55.0 Å². The Kier molecular flexibility index (Phi) is 8.10. The number of ether oxygens (including phenoxy) is 1. The number of amides is 1. The quantitative estimate of drug-likeness (QED) is 0.422. The van der Waals surface area contributed by atoms with E-state index in [9.17, 15) is 4.79 Å². The summed E-state index contributed by atoms with van der Waals surface area (Å²) >= 11 is 0. The van der Waals surface area contributed by atoms with Gasteiger partial charge in [-0.3, -0.25) is 4.79 Å². The van der Waals surface area contributed by atoms with Gasteiger partial charge in [-0.25, -0.2) is 4.98 Å². The maximum Gasteiger partial charge on any atom is 0.219 e. The molecule has 2 aromatic carbocycles. The summed E-state index contributed by atoms with van der Waals surface area (Å²) in [7, 11) is 0. The third-order valence-corrected chi connectivity index (χ3v) is 5.47. The molecule has 0 radical (unpaired) electrons. The zero-order valence-corrected chi connectivity index (χ0v) is 19.3. The van der Waals surface area contributed by atoms with Crippen LogP contribution < -0.4 is 10.1 Å². The summed E-state index contributed by atoms with van der Waals surface area (Å²) in [4.78, 5) is 16.5. The summed E-state index contributed by atoms with van der Waals surface area (Å²) in [5, 5.41) is 2.99. The monoisotopic (exact) mass is 421 g/mol. The van der Waals surface area contributed by atoms with Crippen molar-refractivity contribution < 1.29 is 9.53 Å². The van der Waals surface area contributed by atoms with Crippen molar-refractivity contribution in [1.82, 2.24) is 14.9 Å². The first-order chi connectivity index (χ1) is 15.0. The van der Waals surface area contributed by atoms with Crippen molar-refractivity contribution in [2.24, 2.45) is 0 Å². The van der Waals surface area contributed by atoms with Crippen LogP contribution in [0.5, 0.6) is 5.75 Å². The first-order valence-corrected chi connectivity index (χ1v) is 11.4. The van der Waals surface area contributed by atoms with Gasteiger partial charge in [-0.2, -0.15) is 0 Å². The number of rotatable bonds is 11. The fourth-order valence-electron chi connectivity index (χ4n) is 3.85. The van der Waals surface area contributed by atoms with Gasteiger partial charge in [0.15, 0.2) is 0 Å². The molecule has 3 aromatic rings. The van der Waals surface area contributed by atoms with Gasteiger partial charge < -0.3 is 14.6 Å². The molecule has 3 rings (SSSR count). The van der Waals surface area contributed by atoms with E-state index in [1.807, 2.05) is 19.1 Å². The van der Waals surface area contributed by atoms with Crippen molar-refractivity contribution in [1.29, 1.82) is 0 Å². The SMILES string of the molecule is CCCC(=O)NCCCc1nc2ccccc2n1CCOc1cc(C)ccc1C(C)C. The standard InChI is InChI=1S/C26H35N3O2/c1-5-9-26(30)27-15-8-12-25-28-22-10-6-7-11-23(22)29(25)16-17-31-24-18-20(4)13-14-21(24)19(2)3/h6-7,10-11,13-14,18-19H,5,8-9,12,15-17H2,1-4H3,(H,27,30). The van der Waals surface area contributed by atoms with Crippen LogP contribution in [0.15, 0.2) is 42.5 Å². The molecule has 0 atom stereocenters. The van der Waals surface area contributed by atoms with Gasteiger partial charge >= 0.3 is 0 Å². The Bertz CT molecular complexity index is 1010. The molecule has 5 nitrogen and oxygen atoms in total. The van der Waals surface area contributed by atoms with Crippen molar-refractivity contribution in [2.45, 2.75) is 65.8 Å². The number of aromatic nitrogens is 2. The van der Waals surface area contributed by atoms with E-state index in [1.165, 1.54) is 11.1 Å². The molecule has 0 aliphatic heterocycles. The van der Waals surface area contributed by atoms with E-state index in [1.54, 1.807) is 0 Å². The summed E-state index contributed by atoms with van der Waals surface area (Å²) in [6.07, 6.45) is 3.16. The topological polar surface area (TPSA) is 56.2 Å². The predicted molar refractivity (Wildman–Crippen MR) is 127 cm³/mol. The minimum Gasteiger partial charge on any atom is -0.491 e. The molecular formula is C26H35N3O2. The minimum atomic E-state index is 0.128. The number of carbonyl (C=O) groups is 1. The minimum absolute atomic E-state index is 0.128. The average molecular weight is 422 g/mol. The van der Waals surface area contributed by atoms with Crippen LogP contribution in [0.4, 0.5) is 0 Å². The number of carbonyl (C=O) groups excluding carboxylic acids is 1. The molecule has 0 fully saturated rings. The van der Waals surface area contributed by atoms with Crippen LogP contribution in [0.3, 0.4) is 0 Å². The Balaban J connectivity index is 1.68. The second-order valence-electron chi connectivity index (χ2n) is 8.42. The molecule has 1 N–H and O–H groups in total. The number of hydrogen-bond acceptors (Lipinski definition) is 3. The number of benzene rings is 2. The van der Waals surface area contributed by atoms with E-state index >= 15 is 0 Å². The molecule has 1 amide bonds. The Labute approximate surface area is 185 Å². The highest BCUT2D eigenvalue weighted by molar-refractivity contribution is 5.76. The summed E-state index contributed by atoms with van der Waals surface area (Å²) in [6, 6.07) is 14.7. The molecule has 0 aliphatic carbocycles. The van der Waals surface area contributed by atoms with Crippen molar-refractivity contribution in [3.8, 4) is 5.75 Å². The molecule has 5 heteroatoms. The van der Waals surface area contributed by atoms with Gasteiger partial charge in [0.25, 0.3) is 0 Å². The molecule has 0 bridgehead atoms. The number of hydrogen-bond donors (Lipinski definition) is 1. The van der Waals surface area contributed by atoms with Crippen molar-refractivity contribution in [2.75, 3.05) is 13.2 Å². The molecule has 0 spiro atoms. The second kappa shape index (κ2) is 11.0. The Morgan fingerprint density at radius 1 is 1.19 bits per heavy atom. The molecule has 0 saturated heterocycles.